The fourth-order valence-electron chi connectivity index (χ4n) is 1.38. The van der Waals surface area contributed by atoms with Gasteiger partial charge in [0.25, 0.3) is 5.92 Å². The van der Waals surface area contributed by atoms with Crippen molar-refractivity contribution in [1.29, 1.82) is 0 Å². The number of hydrogen-bond acceptors (Lipinski definition) is 2. The van der Waals surface area contributed by atoms with Gasteiger partial charge in [0.15, 0.2) is 5.78 Å². The van der Waals surface area contributed by atoms with E-state index in [-0.39, 0.29) is 0 Å². The summed E-state index contributed by atoms with van der Waals surface area (Å²) in [7, 11) is 0. The van der Waals surface area contributed by atoms with E-state index in [0.717, 1.165) is 6.92 Å². The van der Waals surface area contributed by atoms with Crippen LogP contribution in [0.15, 0.2) is 0 Å². The van der Waals surface area contributed by atoms with Crippen molar-refractivity contribution >= 4 is 11.9 Å². The van der Waals surface area contributed by atoms with Crippen LogP contribution in [-0.2, 0) is 4.79 Å². The minimum Gasteiger partial charge on any atom is -0.465 e. The standard InChI is InChI=1S/C7H9F2NO3/c1-4(11)5-2-7(8,9)3-10(5)6(12)13/h5H,2-3H2,1H3,(H,12,13). The van der Waals surface area contributed by atoms with E-state index in [2.05, 4.69) is 0 Å². The van der Waals surface area contributed by atoms with E-state index in [4.69, 9.17) is 5.11 Å². The van der Waals surface area contributed by atoms with Crippen molar-refractivity contribution in [2.45, 2.75) is 25.3 Å². The van der Waals surface area contributed by atoms with E-state index in [1.807, 2.05) is 0 Å². The number of nitrogens with zero attached hydrogens (tertiary/aromatic N) is 1. The Morgan fingerprint density at radius 1 is 1.54 bits per heavy atom. The summed E-state index contributed by atoms with van der Waals surface area (Å²) in [6, 6.07) is -1.19. The summed E-state index contributed by atoms with van der Waals surface area (Å²) in [6.07, 6.45) is -2.17. The molecule has 13 heavy (non-hydrogen) atoms. The van der Waals surface area contributed by atoms with Crippen molar-refractivity contribution in [3.8, 4) is 0 Å². The number of halogens is 2. The number of carbonyl (C=O) groups is 2. The Morgan fingerprint density at radius 3 is 2.38 bits per heavy atom. The predicted molar refractivity (Wildman–Crippen MR) is 38.8 cm³/mol. The van der Waals surface area contributed by atoms with E-state index in [1.165, 1.54) is 0 Å². The second-order valence-electron chi connectivity index (χ2n) is 3.10. The lowest BCUT2D eigenvalue weighted by molar-refractivity contribution is -0.121. The molecule has 1 fully saturated rings. The summed E-state index contributed by atoms with van der Waals surface area (Å²) in [4.78, 5) is 21.7. The first-order valence-electron chi connectivity index (χ1n) is 3.71. The van der Waals surface area contributed by atoms with Crippen molar-refractivity contribution < 1.29 is 23.5 Å². The molecule has 0 aromatic rings. The molecular formula is C7H9F2NO3. The second kappa shape index (κ2) is 2.93. The van der Waals surface area contributed by atoms with Gasteiger partial charge in [-0.1, -0.05) is 0 Å². The normalized spacial score (nSPS) is 26.1. The lowest BCUT2D eigenvalue weighted by atomic mass is 10.1. The van der Waals surface area contributed by atoms with Crippen LogP contribution in [0.1, 0.15) is 13.3 Å². The van der Waals surface area contributed by atoms with Crippen LogP contribution in [0.2, 0.25) is 0 Å². The fraction of sp³-hybridized carbons (Fsp3) is 0.714. The maximum Gasteiger partial charge on any atom is 0.408 e. The Balaban J connectivity index is 2.83. The number of rotatable bonds is 1. The Morgan fingerprint density at radius 2 is 2.08 bits per heavy atom. The summed E-state index contributed by atoms with van der Waals surface area (Å²) >= 11 is 0. The molecule has 0 spiro atoms. The van der Waals surface area contributed by atoms with Crippen LogP contribution in [0.4, 0.5) is 13.6 Å². The van der Waals surface area contributed by atoms with Gasteiger partial charge in [-0.05, 0) is 6.92 Å². The molecule has 0 saturated carbocycles. The average Bonchev–Trinajstić information content (AvgIpc) is 2.26. The summed E-state index contributed by atoms with van der Waals surface area (Å²) in [6.45, 7) is 0.231. The molecular weight excluding hydrogens is 184 g/mol. The summed E-state index contributed by atoms with van der Waals surface area (Å²) < 4.78 is 25.4. The maximum atomic E-state index is 12.7. The molecule has 1 unspecified atom stereocenters. The van der Waals surface area contributed by atoms with Crippen molar-refractivity contribution in [2.75, 3.05) is 6.54 Å². The highest BCUT2D eigenvalue weighted by atomic mass is 19.3. The van der Waals surface area contributed by atoms with E-state index < -0.39 is 36.8 Å². The second-order valence-corrected chi connectivity index (χ2v) is 3.10. The minimum atomic E-state index is -3.07. The Kier molecular flexibility index (Phi) is 2.23. The predicted octanol–water partition coefficient (Wildman–Crippen LogP) is 0.963. The molecule has 1 saturated heterocycles. The molecule has 0 bridgehead atoms. The number of hydrogen-bond donors (Lipinski definition) is 1. The van der Waals surface area contributed by atoms with Gasteiger partial charge in [-0.15, -0.1) is 0 Å². The monoisotopic (exact) mass is 193 g/mol. The highest BCUT2D eigenvalue weighted by molar-refractivity contribution is 5.85. The number of likely N-dealkylation sites (tertiary alicyclic amines) is 1. The summed E-state index contributed by atoms with van der Waals surface area (Å²) in [5, 5.41) is 8.51. The smallest absolute Gasteiger partial charge is 0.408 e. The van der Waals surface area contributed by atoms with Crippen LogP contribution in [0.3, 0.4) is 0 Å². The van der Waals surface area contributed by atoms with E-state index >= 15 is 0 Å². The van der Waals surface area contributed by atoms with Crippen LogP contribution < -0.4 is 0 Å². The number of alkyl halides is 2. The van der Waals surface area contributed by atoms with Gasteiger partial charge >= 0.3 is 6.09 Å². The number of ketones is 1. The number of carboxylic acid groups (broad SMARTS) is 1. The quantitative estimate of drug-likeness (QED) is 0.674. The molecule has 0 radical (unpaired) electrons. The van der Waals surface area contributed by atoms with Gasteiger partial charge in [0, 0.05) is 6.42 Å². The van der Waals surface area contributed by atoms with E-state index in [1.54, 1.807) is 0 Å². The zero-order valence-electron chi connectivity index (χ0n) is 6.96. The molecule has 6 heteroatoms. The van der Waals surface area contributed by atoms with Gasteiger partial charge in [0.2, 0.25) is 0 Å². The maximum absolute atomic E-state index is 12.7. The van der Waals surface area contributed by atoms with Crippen molar-refractivity contribution in [1.82, 2.24) is 4.90 Å². The van der Waals surface area contributed by atoms with Crippen LogP contribution in [0.25, 0.3) is 0 Å². The van der Waals surface area contributed by atoms with E-state index in [9.17, 15) is 18.4 Å². The van der Waals surface area contributed by atoms with Gasteiger partial charge < -0.3 is 5.11 Å². The lowest BCUT2D eigenvalue weighted by Gasteiger charge is -2.17. The Hall–Kier alpha value is -1.20. The van der Waals surface area contributed by atoms with Gasteiger partial charge in [0.1, 0.15) is 0 Å². The molecule has 1 N–H and O–H groups in total. The lowest BCUT2D eigenvalue weighted by Crippen LogP contribution is -2.38. The molecule has 1 atom stereocenters. The number of carbonyl (C=O) groups excluding carboxylic acids is 1. The molecule has 1 aliphatic heterocycles. The molecule has 1 heterocycles. The number of Topliss-reactive ketones (excluding diaryl/α,β-unsaturated/α-hetero) is 1. The zero-order valence-corrected chi connectivity index (χ0v) is 6.96. The molecule has 0 aromatic carbocycles. The molecule has 4 nitrogen and oxygen atoms in total. The third-order valence-electron chi connectivity index (χ3n) is 1.98. The first-order valence-corrected chi connectivity index (χ1v) is 3.71. The molecule has 1 rings (SSSR count). The summed E-state index contributed by atoms with van der Waals surface area (Å²) in [5.41, 5.74) is 0. The first kappa shape index (κ1) is 9.88. The third-order valence-corrected chi connectivity index (χ3v) is 1.98. The first-order chi connectivity index (χ1) is 5.83. The SMILES string of the molecule is CC(=O)C1CC(F)(F)CN1C(=O)O. The molecule has 74 valence electrons. The molecule has 1 amide bonds. The van der Waals surface area contributed by atoms with Crippen LogP contribution >= 0.6 is 0 Å². The van der Waals surface area contributed by atoms with Crippen molar-refractivity contribution in [2.24, 2.45) is 0 Å². The van der Waals surface area contributed by atoms with Crippen LogP contribution in [0.5, 0.6) is 0 Å². The highest BCUT2D eigenvalue weighted by Gasteiger charge is 2.48. The highest BCUT2D eigenvalue weighted by Crippen LogP contribution is 2.32. The van der Waals surface area contributed by atoms with Crippen molar-refractivity contribution in [3.63, 3.8) is 0 Å². The van der Waals surface area contributed by atoms with Gasteiger partial charge in [0.05, 0.1) is 12.6 Å². The van der Waals surface area contributed by atoms with Gasteiger partial charge in [-0.25, -0.2) is 13.6 Å². The van der Waals surface area contributed by atoms with Crippen LogP contribution in [0, 0.1) is 0 Å². The fourth-order valence-corrected chi connectivity index (χ4v) is 1.38. The number of amides is 1. The van der Waals surface area contributed by atoms with Gasteiger partial charge in [-0.3, -0.25) is 9.69 Å². The molecule has 0 aliphatic carbocycles. The largest absolute Gasteiger partial charge is 0.465 e. The Bertz CT molecular complexity index is 230. The average molecular weight is 193 g/mol. The molecule has 0 aromatic heterocycles. The topological polar surface area (TPSA) is 57.6 Å². The van der Waals surface area contributed by atoms with E-state index in [0.29, 0.717) is 4.90 Å². The minimum absolute atomic E-state index is 0.488. The molecule has 1 aliphatic rings. The zero-order chi connectivity index (χ0) is 10.2. The van der Waals surface area contributed by atoms with Crippen molar-refractivity contribution in [3.05, 3.63) is 0 Å². The Labute approximate surface area is 73.1 Å². The van der Waals surface area contributed by atoms with Crippen LogP contribution in [-0.4, -0.2) is 40.4 Å². The summed E-state index contributed by atoms with van der Waals surface area (Å²) in [5.74, 6) is -3.62. The third kappa shape index (κ3) is 1.93. The van der Waals surface area contributed by atoms with Gasteiger partial charge in [-0.2, -0.15) is 0 Å².